The molecule has 138 valence electrons. The summed E-state index contributed by atoms with van der Waals surface area (Å²) in [4.78, 5) is 21.2. The number of amides is 1. The Morgan fingerprint density at radius 2 is 1.67 bits per heavy atom. The first-order chi connectivity index (χ1) is 13.3. The van der Waals surface area contributed by atoms with Crippen LogP contribution in [0.25, 0.3) is 0 Å². The molecule has 5 rings (SSSR count). The smallest absolute Gasteiger partial charge is 0.254 e. The Morgan fingerprint density at radius 1 is 0.963 bits per heavy atom. The van der Waals surface area contributed by atoms with Crippen molar-refractivity contribution in [3.05, 3.63) is 66.5 Å². The number of hydrogen-bond donors (Lipinski definition) is 0. The fraction of sp³-hybridized carbons (Fsp3) is 0.400. The SMILES string of the molecule is O=C(c1ccc(Cn2ccnc2)cc1)N1C2CCC1CC(n1nccn1)C2. The van der Waals surface area contributed by atoms with Gasteiger partial charge in [-0.1, -0.05) is 12.1 Å². The van der Waals surface area contributed by atoms with Crippen molar-refractivity contribution in [2.45, 2.75) is 50.4 Å². The van der Waals surface area contributed by atoms with E-state index in [1.807, 2.05) is 39.8 Å². The average molecular weight is 362 g/mol. The van der Waals surface area contributed by atoms with E-state index in [0.717, 1.165) is 43.4 Å². The zero-order valence-corrected chi connectivity index (χ0v) is 15.1. The van der Waals surface area contributed by atoms with Crippen molar-refractivity contribution in [3.63, 3.8) is 0 Å². The highest BCUT2D eigenvalue weighted by Gasteiger charge is 2.44. The maximum absolute atomic E-state index is 13.2. The summed E-state index contributed by atoms with van der Waals surface area (Å²) >= 11 is 0. The number of nitrogens with zero attached hydrogens (tertiary/aromatic N) is 6. The summed E-state index contributed by atoms with van der Waals surface area (Å²) in [6, 6.07) is 8.87. The van der Waals surface area contributed by atoms with E-state index in [4.69, 9.17) is 0 Å². The molecule has 0 spiro atoms. The van der Waals surface area contributed by atoms with Crippen LogP contribution in [0.5, 0.6) is 0 Å². The first-order valence-electron chi connectivity index (χ1n) is 9.51. The van der Waals surface area contributed by atoms with Crippen molar-refractivity contribution >= 4 is 5.91 Å². The second-order valence-corrected chi connectivity index (χ2v) is 7.50. The van der Waals surface area contributed by atoms with Crippen LogP contribution in [0.2, 0.25) is 0 Å². The molecular weight excluding hydrogens is 340 g/mol. The van der Waals surface area contributed by atoms with Gasteiger partial charge in [-0.05, 0) is 43.4 Å². The maximum Gasteiger partial charge on any atom is 0.254 e. The molecule has 2 aliphatic heterocycles. The number of piperidine rings is 1. The van der Waals surface area contributed by atoms with Crippen molar-refractivity contribution in [2.24, 2.45) is 0 Å². The molecule has 0 radical (unpaired) electrons. The van der Waals surface area contributed by atoms with E-state index in [1.165, 1.54) is 0 Å². The molecule has 2 atom stereocenters. The molecule has 1 amide bonds. The van der Waals surface area contributed by atoms with E-state index in [-0.39, 0.29) is 18.0 Å². The number of fused-ring (bicyclic) bond motifs is 2. The number of aromatic nitrogens is 5. The van der Waals surface area contributed by atoms with E-state index >= 15 is 0 Å². The molecule has 7 heteroatoms. The van der Waals surface area contributed by atoms with Gasteiger partial charge in [0, 0.05) is 36.6 Å². The Morgan fingerprint density at radius 3 is 2.30 bits per heavy atom. The lowest BCUT2D eigenvalue weighted by Crippen LogP contribution is -2.47. The molecular formula is C20H22N6O. The second-order valence-electron chi connectivity index (χ2n) is 7.50. The fourth-order valence-electron chi connectivity index (χ4n) is 4.58. The average Bonchev–Trinajstić information content (AvgIpc) is 3.44. The van der Waals surface area contributed by atoms with Gasteiger partial charge in [0.2, 0.25) is 0 Å². The topological polar surface area (TPSA) is 68.8 Å². The van der Waals surface area contributed by atoms with E-state index in [0.29, 0.717) is 6.04 Å². The molecule has 4 heterocycles. The summed E-state index contributed by atoms with van der Waals surface area (Å²) < 4.78 is 2.02. The summed E-state index contributed by atoms with van der Waals surface area (Å²) in [5.74, 6) is 0.156. The quantitative estimate of drug-likeness (QED) is 0.715. The van der Waals surface area contributed by atoms with Gasteiger partial charge in [-0.2, -0.15) is 15.0 Å². The Kier molecular flexibility index (Phi) is 3.99. The Hall–Kier alpha value is -2.96. The van der Waals surface area contributed by atoms with Crippen LogP contribution < -0.4 is 0 Å². The van der Waals surface area contributed by atoms with Crippen LogP contribution in [0.15, 0.2) is 55.4 Å². The summed E-state index contributed by atoms with van der Waals surface area (Å²) in [7, 11) is 0. The van der Waals surface area contributed by atoms with Gasteiger partial charge in [0.25, 0.3) is 5.91 Å². The number of hydrogen-bond acceptors (Lipinski definition) is 4. The van der Waals surface area contributed by atoms with Crippen molar-refractivity contribution in [1.82, 2.24) is 29.4 Å². The predicted octanol–water partition coefficient (Wildman–Crippen LogP) is 2.53. The summed E-state index contributed by atoms with van der Waals surface area (Å²) in [5.41, 5.74) is 1.94. The third kappa shape index (κ3) is 3.03. The molecule has 2 bridgehead atoms. The molecule has 3 aromatic rings. The van der Waals surface area contributed by atoms with Crippen LogP contribution in [-0.2, 0) is 6.54 Å². The van der Waals surface area contributed by atoms with Gasteiger partial charge in [0.15, 0.2) is 0 Å². The first-order valence-corrected chi connectivity index (χ1v) is 9.51. The Balaban J connectivity index is 1.30. The molecule has 0 saturated carbocycles. The zero-order valence-electron chi connectivity index (χ0n) is 15.1. The van der Waals surface area contributed by atoms with Crippen molar-refractivity contribution in [2.75, 3.05) is 0 Å². The molecule has 7 nitrogen and oxygen atoms in total. The molecule has 1 aromatic carbocycles. The van der Waals surface area contributed by atoms with Gasteiger partial charge < -0.3 is 9.47 Å². The highest BCUT2D eigenvalue weighted by atomic mass is 16.2. The lowest BCUT2D eigenvalue weighted by Gasteiger charge is -2.38. The monoisotopic (exact) mass is 362 g/mol. The van der Waals surface area contributed by atoms with E-state index in [1.54, 1.807) is 24.9 Å². The molecule has 2 unspecified atom stereocenters. The first kappa shape index (κ1) is 16.2. The van der Waals surface area contributed by atoms with Crippen LogP contribution in [-0.4, -0.2) is 47.4 Å². The zero-order chi connectivity index (χ0) is 18.2. The van der Waals surface area contributed by atoms with Crippen LogP contribution in [0.1, 0.15) is 47.6 Å². The number of rotatable bonds is 4. The molecule has 0 aliphatic carbocycles. The number of benzene rings is 1. The fourth-order valence-corrected chi connectivity index (χ4v) is 4.58. The maximum atomic E-state index is 13.2. The standard InChI is InChI=1S/C20H22N6O/c27-20(16-3-1-15(2-4-16)13-24-10-9-21-14-24)25-17-5-6-18(25)12-19(11-17)26-22-7-8-23-26/h1-4,7-10,14,17-19H,5-6,11-13H2. The van der Waals surface area contributed by atoms with Gasteiger partial charge in [-0.25, -0.2) is 4.98 Å². The summed E-state index contributed by atoms with van der Waals surface area (Å²) in [6.45, 7) is 0.766. The molecule has 2 fully saturated rings. The lowest BCUT2D eigenvalue weighted by molar-refractivity contribution is 0.0512. The van der Waals surface area contributed by atoms with Crippen LogP contribution in [0.4, 0.5) is 0 Å². The molecule has 27 heavy (non-hydrogen) atoms. The second kappa shape index (κ2) is 6.64. The third-order valence-corrected chi connectivity index (χ3v) is 5.83. The van der Waals surface area contributed by atoms with Crippen LogP contribution in [0.3, 0.4) is 0 Å². The molecule has 2 aliphatic rings. The Labute approximate surface area is 157 Å². The predicted molar refractivity (Wildman–Crippen MR) is 99.0 cm³/mol. The van der Waals surface area contributed by atoms with Crippen LogP contribution in [0, 0.1) is 0 Å². The van der Waals surface area contributed by atoms with E-state index in [2.05, 4.69) is 20.1 Å². The summed E-state index contributed by atoms with van der Waals surface area (Å²) in [6.07, 6.45) is 13.0. The minimum atomic E-state index is 0.156. The minimum absolute atomic E-state index is 0.156. The molecule has 2 saturated heterocycles. The van der Waals surface area contributed by atoms with Crippen molar-refractivity contribution in [1.29, 1.82) is 0 Å². The van der Waals surface area contributed by atoms with Gasteiger partial charge in [-0.3, -0.25) is 4.79 Å². The normalized spacial score (nSPS) is 24.3. The highest BCUT2D eigenvalue weighted by Crippen LogP contribution is 2.41. The highest BCUT2D eigenvalue weighted by molar-refractivity contribution is 5.95. The lowest BCUT2D eigenvalue weighted by atomic mass is 9.96. The molecule has 2 aromatic heterocycles. The van der Waals surface area contributed by atoms with Crippen molar-refractivity contribution < 1.29 is 4.79 Å². The molecule has 0 N–H and O–H groups in total. The minimum Gasteiger partial charge on any atom is -0.333 e. The number of carbonyl (C=O) groups is 1. The Bertz CT molecular complexity index is 889. The number of carbonyl (C=O) groups excluding carboxylic acids is 1. The van der Waals surface area contributed by atoms with Gasteiger partial charge in [0.1, 0.15) is 0 Å². The van der Waals surface area contributed by atoms with Gasteiger partial charge in [-0.15, -0.1) is 0 Å². The third-order valence-electron chi connectivity index (χ3n) is 5.83. The van der Waals surface area contributed by atoms with Gasteiger partial charge >= 0.3 is 0 Å². The van der Waals surface area contributed by atoms with Crippen molar-refractivity contribution in [3.8, 4) is 0 Å². The summed E-state index contributed by atoms with van der Waals surface area (Å²) in [5, 5.41) is 8.60. The van der Waals surface area contributed by atoms with E-state index in [9.17, 15) is 4.79 Å². The van der Waals surface area contributed by atoms with E-state index < -0.39 is 0 Å². The number of imidazole rings is 1. The van der Waals surface area contributed by atoms with Gasteiger partial charge in [0.05, 0.1) is 24.8 Å². The largest absolute Gasteiger partial charge is 0.333 e. The van der Waals surface area contributed by atoms with Crippen LogP contribution >= 0.6 is 0 Å².